The fraction of sp³-hybridized carbons (Fsp3) is 0.647. The van der Waals surface area contributed by atoms with Crippen LogP contribution in [0.15, 0.2) is 24.2 Å². The molecule has 2 heterocycles. The molecule has 1 N–H and O–H groups in total. The molecule has 2 fully saturated rings. The van der Waals surface area contributed by atoms with E-state index in [-0.39, 0.29) is 10.4 Å². The maximum Gasteiger partial charge on any atom is 0.494 e. The normalized spacial score (nSPS) is 44.0. The van der Waals surface area contributed by atoms with Crippen molar-refractivity contribution in [3.8, 4) is 0 Å². The number of piperidine rings is 1. The maximum absolute atomic E-state index is 10.3. The van der Waals surface area contributed by atoms with Crippen LogP contribution in [0.3, 0.4) is 0 Å². The van der Waals surface area contributed by atoms with Gasteiger partial charge < -0.3 is 19.3 Å². The summed E-state index contributed by atoms with van der Waals surface area (Å²) in [5.74, 6) is 0. The second kappa shape index (κ2) is 5.55. The second-order valence-corrected chi connectivity index (χ2v) is 6.01. The summed E-state index contributed by atoms with van der Waals surface area (Å²) in [7, 11) is -1.37. The van der Waals surface area contributed by atoms with E-state index in [0.29, 0.717) is 0 Å². The first-order valence-corrected chi connectivity index (χ1v) is 6.81. The first-order chi connectivity index (χ1) is 15.3. The molecule has 22 heavy (non-hydrogen) atoms. The van der Waals surface area contributed by atoms with E-state index >= 15 is 0 Å². The summed E-state index contributed by atoms with van der Waals surface area (Å²) in [5, 5.41) is 10.3. The minimum Gasteiger partial charge on any atom is -0.399 e. The van der Waals surface area contributed by atoms with Crippen molar-refractivity contribution in [2.75, 3.05) is 17.9 Å². The van der Waals surface area contributed by atoms with Gasteiger partial charge in [0.1, 0.15) is 0 Å². The molecule has 0 aliphatic carbocycles. The molecule has 0 saturated carbocycles. The Morgan fingerprint density at radius 3 is 2.18 bits per heavy atom. The van der Waals surface area contributed by atoms with E-state index in [0.717, 1.165) is 0 Å². The first kappa shape index (κ1) is 6.46. The molecule has 0 unspecified atom stereocenters. The minimum atomic E-state index is -3.93. The highest BCUT2D eigenvalue weighted by atomic mass is 16.7. The van der Waals surface area contributed by atoms with Gasteiger partial charge in [-0.15, -0.1) is 0 Å². The van der Waals surface area contributed by atoms with Crippen LogP contribution in [0.25, 0.3) is 0 Å². The van der Waals surface area contributed by atoms with E-state index in [9.17, 15) is 5.11 Å². The topological polar surface area (TPSA) is 41.9 Å². The standard InChI is InChI=1S/C17H26BNO3/c1-16(2)17(3,4)22-18(21-16)13-5-7-14(8-6-13)19-11-9-15(20)10-12-19/h5-8,15,20H,9-12H2,1-4H3/i5D,6D,7D,8D,9D2,10D2,11D2,12D2,15D. The number of aliphatic hydroxyl groups is 1. The third kappa shape index (κ3) is 2.90. The Bertz CT molecular complexity index is 1000. The molecule has 0 radical (unpaired) electrons. The zero-order chi connectivity index (χ0) is 27.5. The first-order valence-electron chi connectivity index (χ1n) is 13.3. The van der Waals surface area contributed by atoms with Gasteiger partial charge in [-0.1, -0.05) is 12.1 Å². The van der Waals surface area contributed by atoms with E-state index in [1.54, 1.807) is 27.7 Å². The summed E-state index contributed by atoms with van der Waals surface area (Å²) in [5.41, 5.74) is -3.26. The third-order valence-electron chi connectivity index (χ3n) is 3.92. The smallest absolute Gasteiger partial charge is 0.399 e. The van der Waals surface area contributed by atoms with E-state index in [2.05, 4.69) is 0 Å². The number of nitrogens with zero attached hydrogens (tertiary/aromatic N) is 1. The molecular formula is C17H26BNO3. The van der Waals surface area contributed by atoms with Crippen LogP contribution >= 0.6 is 0 Å². The van der Waals surface area contributed by atoms with Gasteiger partial charge in [0.2, 0.25) is 0 Å². The molecule has 0 amide bonds. The Labute approximate surface area is 151 Å². The van der Waals surface area contributed by atoms with Crippen LogP contribution in [0.2, 0.25) is 0 Å². The van der Waals surface area contributed by atoms with Crippen molar-refractivity contribution < 1.29 is 32.2 Å². The largest absolute Gasteiger partial charge is 0.494 e. The van der Waals surface area contributed by atoms with Crippen molar-refractivity contribution in [1.29, 1.82) is 0 Å². The summed E-state index contributed by atoms with van der Waals surface area (Å²) in [6, 6.07) is -3.60. The number of hydrogen-bond acceptors (Lipinski definition) is 4. The number of hydrogen-bond donors (Lipinski definition) is 1. The van der Waals surface area contributed by atoms with Gasteiger partial charge in [-0.05, 0) is 58.0 Å². The molecule has 2 aliphatic heterocycles. The highest BCUT2D eigenvalue weighted by Crippen LogP contribution is 2.36. The molecule has 5 heteroatoms. The van der Waals surface area contributed by atoms with Crippen LogP contribution in [0.5, 0.6) is 0 Å². The lowest BCUT2D eigenvalue weighted by Crippen LogP contribution is -2.41. The monoisotopic (exact) mass is 316 g/mol. The van der Waals surface area contributed by atoms with Gasteiger partial charge in [0.15, 0.2) is 0 Å². The fourth-order valence-corrected chi connectivity index (χ4v) is 1.89. The Balaban J connectivity index is 2.32. The van der Waals surface area contributed by atoms with Crippen LogP contribution in [0, 0.1) is 0 Å². The number of anilines is 1. The lowest BCUT2D eigenvalue weighted by Gasteiger charge is -2.32. The Morgan fingerprint density at radius 2 is 1.68 bits per heavy atom. The van der Waals surface area contributed by atoms with Crippen molar-refractivity contribution in [1.82, 2.24) is 0 Å². The molecule has 2 saturated heterocycles. The highest BCUT2D eigenvalue weighted by molar-refractivity contribution is 6.62. The Kier molecular flexibility index (Phi) is 1.63. The van der Waals surface area contributed by atoms with Crippen LogP contribution in [0.1, 0.15) is 58.3 Å². The quantitative estimate of drug-likeness (QED) is 0.847. The van der Waals surface area contributed by atoms with Gasteiger partial charge in [-0.25, -0.2) is 0 Å². The molecule has 4 nitrogen and oxygen atoms in total. The molecule has 2 aliphatic rings. The molecule has 3 rings (SSSR count). The predicted molar refractivity (Wildman–Crippen MR) is 89.6 cm³/mol. The number of benzene rings is 1. The summed E-state index contributed by atoms with van der Waals surface area (Å²) < 4.78 is 118. The predicted octanol–water partition coefficient (Wildman–Crippen LogP) is 1.95. The lowest BCUT2D eigenvalue weighted by atomic mass is 9.79. The van der Waals surface area contributed by atoms with Crippen LogP contribution < -0.4 is 10.4 Å². The van der Waals surface area contributed by atoms with E-state index in [1.807, 2.05) is 0 Å². The summed E-state index contributed by atoms with van der Waals surface area (Å²) in [6.07, 6.45) is -11.5. The molecule has 1 aromatic carbocycles. The average molecular weight is 316 g/mol. The van der Waals surface area contributed by atoms with E-state index in [4.69, 9.17) is 27.1 Å². The van der Waals surface area contributed by atoms with Crippen molar-refractivity contribution in [2.45, 2.75) is 57.7 Å². The van der Waals surface area contributed by atoms with Crippen molar-refractivity contribution in [3.05, 3.63) is 24.2 Å². The molecule has 0 aromatic heterocycles. The zero-order valence-electron chi connectivity index (χ0n) is 25.8. The molecular weight excluding hydrogens is 277 g/mol. The Hall–Kier alpha value is -1.04. The molecule has 0 bridgehead atoms. The molecule has 0 atom stereocenters. The van der Waals surface area contributed by atoms with E-state index in [1.165, 1.54) is 0 Å². The maximum atomic E-state index is 10.3. The van der Waals surface area contributed by atoms with Crippen molar-refractivity contribution >= 4 is 18.3 Å². The molecule has 1 aromatic rings. The van der Waals surface area contributed by atoms with Crippen molar-refractivity contribution in [3.63, 3.8) is 0 Å². The van der Waals surface area contributed by atoms with Crippen LogP contribution in [-0.4, -0.2) is 42.5 Å². The SMILES string of the molecule is [2H]c1c([2H])c(N2C([2H])([2H])C([2H])([2H])C([2H])(O)C([2H])([2H])C2([2H])[2H])c([2H])c([2H])c1B1OC(C)(C)C(C)(C)O1. The number of rotatable bonds is 2. The minimum absolute atomic E-state index is 0.197. The van der Waals surface area contributed by atoms with Gasteiger partial charge in [0, 0.05) is 29.6 Å². The molecule has 0 spiro atoms. The lowest BCUT2D eigenvalue weighted by molar-refractivity contribution is 0.00578. The van der Waals surface area contributed by atoms with Gasteiger partial charge in [-0.2, -0.15) is 0 Å². The third-order valence-corrected chi connectivity index (χ3v) is 3.92. The summed E-state index contributed by atoms with van der Waals surface area (Å²) in [4.78, 5) is -0.197. The van der Waals surface area contributed by atoms with Gasteiger partial charge in [-0.3, -0.25) is 0 Å². The zero-order valence-corrected chi connectivity index (χ0v) is 12.8. The Morgan fingerprint density at radius 1 is 1.18 bits per heavy atom. The van der Waals surface area contributed by atoms with Crippen LogP contribution in [-0.2, 0) is 9.31 Å². The highest BCUT2D eigenvalue weighted by Gasteiger charge is 2.51. The van der Waals surface area contributed by atoms with Crippen molar-refractivity contribution in [2.24, 2.45) is 0 Å². The van der Waals surface area contributed by atoms with Gasteiger partial charge in [0.05, 0.1) is 24.1 Å². The van der Waals surface area contributed by atoms with Gasteiger partial charge in [0.25, 0.3) is 0 Å². The molecule has 120 valence electrons. The average Bonchev–Trinajstić information content (AvgIpc) is 2.88. The van der Waals surface area contributed by atoms with Gasteiger partial charge >= 0.3 is 7.12 Å². The summed E-state index contributed by atoms with van der Waals surface area (Å²) >= 11 is 0. The van der Waals surface area contributed by atoms with E-state index < -0.39 is 80.0 Å². The summed E-state index contributed by atoms with van der Waals surface area (Å²) in [6.45, 7) is -0.618. The van der Waals surface area contributed by atoms with Crippen LogP contribution in [0.4, 0.5) is 5.69 Å². The fourth-order valence-electron chi connectivity index (χ4n) is 1.89. The second-order valence-electron chi connectivity index (χ2n) is 6.01.